The lowest BCUT2D eigenvalue weighted by Crippen LogP contribution is -2.67. The first-order valence-electron chi connectivity index (χ1n) is 11.4. The highest BCUT2D eigenvalue weighted by molar-refractivity contribution is 5.89. The molecule has 1 saturated heterocycles. The number of carboxylic acid groups (broad SMARTS) is 1. The standard InChI is InChI=1S/C26H28N2O5/c1-26(2)14-28(22(26)24(30)31)23(29)20-11-15(20)12-27-25(32)33-13-21-18-9-5-3-7-16(18)17-8-4-6-10-19(17)21/h3-10,15,20-22H,11-14H2,1-2H3,(H,27,32)(H,30,31)/t15-,20-,22?/m1/s1. The number of fused-ring (bicyclic) bond motifs is 3. The number of alkyl carbamates (subject to hydrolysis) is 1. The molecule has 7 heteroatoms. The van der Waals surface area contributed by atoms with Crippen molar-refractivity contribution < 1.29 is 24.2 Å². The number of aliphatic carboxylic acids is 1. The van der Waals surface area contributed by atoms with Gasteiger partial charge in [0.15, 0.2) is 0 Å². The van der Waals surface area contributed by atoms with Gasteiger partial charge in [-0.05, 0) is 34.6 Å². The van der Waals surface area contributed by atoms with Crippen LogP contribution in [0.25, 0.3) is 11.1 Å². The van der Waals surface area contributed by atoms with E-state index < -0.39 is 23.5 Å². The summed E-state index contributed by atoms with van der Waals surface area (Å²) in [7, 11) is 0. The number of hydrogen-bond donors (Lipinski definition) is 2. The minimum atomic E-state index is -0.964. The van der Waals surface area contributed by atoms with Crippen LogP contribution in [-0.2, 0) is 14.3 Å². The molecule has 5 rings (SSSR count). The van der Waals surface area contributed by atoms with E-state index in [0.29, 0.717) is 19.5 Å². The topological polar surface area (TPSA) is 95.9 Å². The zero-order valence-electron chi connectivity index (χ0n) is 18.8. The van der Waals surface area contributed by atoms with Gasteiger partial charge in [0.2, 0.25) is 5.91 Å². The molecule has 0 bridgehead atoms. The molecule has 2 N–H and O–H groups in total. The second kappa shape index (κ2) is 7.90. The molecule has 3 aliphatic rings. The van der Waals surface area contributed by atoms with E-state index in [0.717, 1.165) is 11.1 Å². The molecule has 2 aromatic rings. The first-order chi connectivity index (χ1) is 15.8. The van der Waals surface area contributed by atoms with Crippen LogP contribution < -0.4 is 5.32 Å². The van der Waals surface area contributed by atoms with Crippen LogP contribution in [0.2, 0.25) is 0 Å². The Labute approximate surface area is 192 Å². The average Bonchev–Trinajstić information content (AvgIpc) is 3.49. The summed E-state index contributed by atoms with van der Waals surface area (Å²) in [5.41, 5.74) is 4.26. The van der Waals surface area contributed by atoms with Crippen molar-refractivity contribution in [2.45, 2.75) is 32.2 Å². The molecular formula is C26H28N2O5. The third-order valence-corrected chi connectivity index (χ3v) is 7.24. The molecule has 0 aromatic heterocycles. The molecule has 1 unspecified atom stereocenters. The molecule has 1 heterocycles. The third-order valence-electron chi connectivity index (χ3n) is 7.24. The summed E-state index contributed by atoms with van der Waals surface area (Å²) < 4.78 is 5.55. The second-order valence-electron chi connectivity index (χ2n) is 10.0. The summed E-state index contributed by atoms with van der Waals surface area (Å²) in [6.07, 6.45) is 0.162. The maximum Gasteiger partial charge on any atom is 0.407 e. The van der Waals surface area contributed by atoms with Gasteiger partial charge in [-0.3, -0.25) is 4.79 Å². The van der Waals surface area contributed by atoms with E-state index in [9.17, 15) is 19.5 Å². The van der Waals surface area contributed by atoms with Crippen molar-refractivity contribution in [3.05, 3.63) is 59.7 Å². The number of likely N-dealkylation sites (tertiary alicyclic amines) is 1. The first kappa shape index (κ1) is 21.5. The smallest absolute Gasteiger partial charge is 0.407 e. The third kappa shape index (κ3) is 3.75. The highest BCUT2D eigenvalue weighted by Crippen LogP contribution is 2.46. The second-order valence-corrected chi connectivity index (χ2v) is 10.0. The van der Waals surface area contributed by atoms with Gasteiger partial charge < -0.3 is 20.1 Å². The molecule has 2 fully saturated rings. The first-order valence-corrected chi connectivity index (χ1v) is 11.4. The molecule has 1 aliphatic heterocycles. The SMILES string of the molecule is CC1(C)CN(C(=O)[C@@H]2C[C@@H]2CNC(=O)OCC2c3ccccc3-c3ccccc32)C1C(=O)O. The van der Waals surface area contributed by atoms with Crippen LogP contribution in [0.5, 0.6) is 0 Å². The Kier molecular flexibility index (Phi) is 5.15. The lowest BCUT2D eigenvalue weighted by Gasteiger charge is -2.51. The van der Waals surface area contributed by atoms with Crippen molar-refractivity contribution in [1.29, 1.82) is 0 Å². The quantitative estimate of drug-likeness (QED) is 0.705. The summed E-state index contributed by atoms with van der Waals surface area (Å²) in [5, 5.41) is 12.2. The Morgan fingerprint density at radius 2 is 1.67 bits per heavy atom. The van der Waals surface area contributed by atoms with Crippen LogP contribution in [0.15, 0.2) is 48.5 Å². The zero-order valence-corrected chi connectivity index (χ0v) is 18.8. The largest absolute Gasteiger partial charge is 0.480 e. The van der Waals surface area contributed by atoms with Gasteiger partial charge in [0.25, 0.3) is 0 Å². The van der Waals surface area contributed by atoms with Crippen LogP contribution in [0, 0.1) is 17.3 Å². The molecule has 3 atom stereocenters. The molecule has 172 valence electrons. The van der Waals surface area contributed by atoms with Crippen molar-refractivity contribution in [2.24, 2.45) is 17.3 Å². The van der Waals surface area contributed by atoms with Crippen molar-refractivity contribution in [1.82, 2.24) is 10.2 Å². The van der Waals surface area contributed by atoms with Gasteiger partial charge in [0, 0.05) is 30.3 Å². The van der Waals surface area contributed by atoms with Crippen LogP contribution in [-0.4, -0.2) is 53.7 Å². The number of ether oxygens (including phenoxy) is 1. The molecule has 0 spiro atoms. The van der Waals surface area contributed by atoms with Crippen molar-refractivity contribution in [2.75, 3.05) is 19.7 Å². The van der Waals surface area contributed by atoms with Gasteiger partial charge in [0.05, 0.1) is 0 Å². The highest BCUT2D eigenvalue weighted by Gasteiger charge is 2.56. The maximum absolute atomic E-state index is 12.7. The van der Waals surface area contributed by atoms with E-state index >= 15 is 0 Å². The molecule has 0 radical (unpaired) electrons. The lowest BCUT2D eigenvalue weighted by molar-refractivity contribution is -0.172. The van der Waals surface area contributed by atoms with Crippen molar-refractivity contribution in [3.63, 3.8) is 0 Å². The predicted molar refractivity (Wildman–Crippen MR) is 122 cm³/mol. The molecule has 33 heavy (non-hydrogen) atoms. The van der Waals surface area contributed by atoms with Gasteiger partial charge in [-0.25, -0.2) is 9.59 Å². The van der Waals surface area contributed by atoms with E-state index in [2.05, 4.69) is 29.6 Å². The highest BCUT2D eigenvalue weighted by atomic mass is 16.5. The Morgan fingerprint density at radius 1 is 1.06 bits per heavy atom. The average molecular weight is 449 g/mol. The van der Waals surface area contributed by atoms with Crippen LogP contribution in [0.3, 0.4) is 0 Å². The Bertz CT molecular complexity index is 1080. The van der Waals surface area contributed by atoms with E-state index in [1.54, 1.807) is 0 Å². The van der Waals surface area contributed by atoms with E-state index in [1.807, 2.05) is 38.1 Å². The number of hydrogen-bond acceptors (Lipinski definition) is 4. The Balaban J connectivity index is 1.12. The maximum atomic E-state index is 12.7. The van der Waals surface area contributed by atoms with E-state index in [1.165, 1.54) is 16.0 Å². The molecule has 1 saturated carbocycles. The summed E-state index contributed by atoms with van der Waals surface area (Å²) in [6, 6.07) is 15.6. The fraction of sp³-hybridized carbons (Fsp3) is 0.423. The van der Waals surface area contributed by atoms with Crippen molar-refractivity contribution >= 4 is 18.0 Å². The Hall–Kier alpha value is -3.35. The van der Waals surface area contributed by atoms with E-state index in [-0.39, 0.29) is 30.3 Å². The summed E-state index contributed by atoms with van der Waals surface area (Å²) >= 11 is 0. The number of nitrogens with one attached hydrogen (secondary N) is 1. The van der Waals surface area contributed by atoms with Crippen LogP contribution in [0.4, 0.5) is 4.79 Å². The summed E-state index contributed by atoms with van der Waals surface area (Å²) in [6.45, 7) is 4.77. The number of carbonyl (C=O) groups excluding carboxylic acids is 2. The fourth-order valence-corrected chi connectivity index (χ4v) is 5.45. The minimum absolute atomic E-state index is 0.00104. The van der Waals surface area contributed by atoms with Gasteiger partial charge in [-0.1, -0.05) is 62.4 Å². The number of rotatable bonds is 6. The predicted octanol–water partition coefficient (Wildman–Crippen LogP) is 3.48. The van der Waals surface area contributed by atoms with Crippen LogP contribution >= 0.6 is 0 Å². The zero-order chi connectivity index (χ0) is 23.3. The summed E-state index contributed by atoms with van der Waals surface area (Å²) in [5.74, 6) is -1.29. The van der Waals surface area contributed by atoms with E-state index in [4.69, 9.17) is 4.74 Å². The minimum Gasteiger partial charge on any atom is -0.480 e. The molecule has 7 nitrogen and oxygen atoms in total. The number of benzene rings is 2. The Morgan fingerprint density at radius 3 is 2.24 bits per heavy atom. The van der Waals surface area contributed by atoms with Crippen LogP contribution in [0.1, 0.15) is 37.3 Å². The van der Waals surface area contributed by atoms with Crippen molar-refractivity contribution in [3.8, 4) is 11.1 Å². The number of carboxylic acids is 1. The van der Waals surface area contributed by atoms with Gasteiger partial charge >= 0.3 is 12.1 Å². The fourth-order valence-electron chi connectivity index (χ4n) is 5.45. The monoisotopic (exact) mass is 448 g/mol. The molecular weight excluding hydrogens is 420 g/mol. The lowest BCUT2D eigenvalue weighted by atomic mass is 9.74. The summed E-state index contributed by atoms with van der Waals surface area (Å²) in [4.78, 5) is 38.0. The van der Waals surface area contributed by atoms with Gasteiger partial charge in [-0.2, -0.15) is 0 Å². The van der Waals surface area contributed by atoms with Gasteiger partial charge in [0.1, 0.15) is 12.6 Å². The molecule has 2 amide bonds. The number of amides is 2. The molecule has 2 aliphatic carbocycles. The number of carbonyl (C=O) groups is 3. The normalized spacial score (nSPS) is 24.3. The van der Waals surface area contributed by atoms with Gasteiger partial charge in [-0.15, -0.1) is 0 Å². The molecule has 2 aromatic carbocycles. The number of nitrogens with zero attached hydrogens (tertiary/aromatic N) is 1.